The maximum Gasteiger partial charge on any atom is 0.124 e. The van der Waals surface area contributed by atoms with Crippen LogP contribution >= 0.6 is 27.3 Å². The zero-order valence-electron chi connectivity index (χ0n) is 9.73. The normalized spacial score (nSPS) is 19.9. The van der Waals surface area contributed by atoms with Crippen molar-refractivity contribution in [2.24, 2.45) is 0 Å². The molecule has 0 saturated carbocycles. The van der Waals surface area contributed by atoms with E-state index in [1.807, 2.05) is 18.2 Å². The van der Waals surface area contributed by atoms with Crippen LogP contribution in [0.3, 0.4) is 0 Å². The molecule has 1 atom stereocenters. The third-order valence-corrected chi connectivity index (χ3v) is 4.50. The van der Waals surface area contributed by atoms with E-state index in [2.05, 4.69) is 37.7 Å². The van der Waals surface area contributed by atoms with E-state index in [4.69, 9.17) is 4.74 Å². The lowest BCUT2D eigenvalue weighted by atomic mass is 10.2. The smallest absolute Gasteiger partial charge is 0.124 e. The van der Waals surface area contributed by atoms with E-state index in [9.17, 15) is 0 Å². The standard InChI is InChI=1S/C13H13BrN2OS/c14-10-4-2-1-3-9(10)11-8-18-13(16-11)12-7-15-5-6-17-12/h1-4,8,12,15H,5-7H2/t12-/m1/s1. The lowest BCUT2D eigenvalue weighted by Gasteiger charge is -2.21. The van der Waals surface area contributed by atoms with Crippen molar-refractivity contribution in [2.75, 3.05) is 19.7 Å². The highest BCUT2D eigenvalue weighted by molar-refractivity contribution is 9.10. The number of ether oxygens (including phenoxy) is 1. The molecular formula is C13H13BrN2OS. The topological polar surface area (TPSA) is 34.1 Å². The average molecular weight is 325 g/mol. The Morgan fingerprint density at radius 3 is 3.06 bits per heavy atom. The number of morpholine rings is 1. The summed E-state index contributed by atoms with van der Waals surface area (Å²) in [6, 6.07) is 8.14. The van der Waals surface area contributed by atoms with Crippen molar-refractivity contribution in [2.45, 2.75) is 6.10 Å². The number of nitrogens with zero attached hydrogens (tertiary/aromatic N) is 1. The predicted octanol–water partition coefficient (Wildman–Crippen LogP) is 3.23. The van der Waals surface area contributed by atoms with Crippen LogP contribution in [0.1, 0.15) is 11.1 Å². The van der Waals surface area contributed by atoms with E-state index in [0.717, 1.165) is 40.4 Å². The molecule has 1 saturated heterocycles. The highest BCUT2D eigenvalue weighted by atomic mass is 79.9. The highest BCUT2D eigenvalue weighted by Gasteiger charge is 2.19. The lowest BCUT2D eigenvalue weighted by molar-refractivity contribution is 0.0276. The molecule has 5 heteroatoms. The van der Waals surface area contributed by atoms with Crippen molar-refractivity contribution in [3.8, 4) is 11.3 Å². The fourth-order valence-electron chi connectivity index (χ4n) is 1.95. The molecule has 3 nitrogen and oxygen atoms in total. The van der Waals surface area contributed by atoms with Crippen LogP contribution in [0.5, 0.6) is 0 Å². The van der Waals surface area contributed by atoms with Gasteiger partial charge in [-0.05, 0) is 6.07 Å². The SMILES string of the molecule is Brc1ccccc1-c1csc([C@H]2CNCCO2)n1. The van der Waals surface area contributed by atoms with Crippen molar-refractivity contribution < 1.29 is 4.74 Å². The number of halogens is 1. The van der Waals surface area contributed by atoms with E-state index in [0.29, 0.717) is 0 Å². The van der Waals surface area contributed by atoms with E-state index in [1.54, 1.807) is 11.3 Å². The summed E-state index contributed by atoms with van der Waals surface area (Å²) < 4.78 is 6.79. The monoisotopic (exact) mass is 324 g/mol. The lowest BCUT2D eigenvalue weighted by Crippen LogP contribution is -2.33. The van der Waals surface area contributed by atoms with Gasteiger partial charge in [-0.3, -0.25) is 0 Å². The van der Waals surface area contributed by atoms with Crippen molar-refractivity contribution in [1.29, 1.82) is 0 Å². The molecule has 0 unspecified atom stereocenters. The van der Waals surface area contributed by atoms with E-state index in [1.165, 1.54) is 0 Å². The molecule has 1 aliphatic heterocycles. The second-order valence-electron chi connectivity index (χ2n) is 4.11. The first-order valence-electron chi connectivity index (χ1n) is 5.87. The summed E-state index contributed by atoms with van der Waals surface area (Å²) in [6.07, 6.45) is 0.0972. The Morgan fingerprint density at radius 1 is 1.39 bits per heavy atom. The Labute approximate surface area is 118 Å². The Hall–Kier alpha value is -0.750. The molecule has 1 fully saturated rings. The first-order valence-corrected chi connectivity index (χ1v) is 7.54. The molecule has 0 radical (unpaired) electrons. The average Bonchev–Trinajstić information content (AvgIpc) is 2.90. The molecule has 1 N–H and O–H groups in total. The van der Waals surface area contributed by atoms with E-state index < -0.39 is 0 Å². The number of nitrogens with one attached hydrogen (secondary N) is 1. The Kier molecular flexibility index (Phi) is 3.75. The van der Waals surface area contributed by atoms with Gasteiger partial charge >= 0.3 is 0 Å². The summed E-state index contributed by atoms with van der Waals surface area (Å²) in [7, 11) is 0. The van der Waals surface area contributed by atoms with Crippen LogP contribution in [0, 0.1) is 0 Å². The van der Waals surface area contributed by atoms with Crippen LogP contribution in [-0.4, -0.2) is 24.7 Å². The molecule has 0 spiro atoms. The third-order valence-electron chi connectivity index (χ3n) is 2.87. The minimum atomic E-state index is 0.0972. The summed E-state index contributed by atoms with van der Waals surface area (Å²) in [6.45, 7) is 2.54. The number of rotatable bonds is 2. The molecule has 0 amide bonds. The van der Waals surface area contributed by atoms with Crippen LogP contribution in [0.4, 0.5) is 0 Å². The van der Waals surface area contributed by atoms with Crippen LogP contribution < -0.4 is 5.32 Å². The summed E-state index contributed by atoms with van der Waals surface area (Å²) in [4.78, 5) is 4.69. The molecule has 18 heavy (non-hydrogen) atoms. The number of aromatic nitrogens is 1. The van der Waals surface area contributed by atoms with E-state index >= 15 is 0 Å². The maximum absolute atomic E-state index is 5.72. The fourth-order valence-corrected chi connectivity index (χ4v) is 3.31. The van der Waals surface area contributed by atoms with Gasteiger partial charge in [0.05, 0.1) is 12.3 Å². The Morgan fingerprint density at radius 2 is 2.28 bits per heavy atom. The minimum Gasteiger partial charge on any atom is -0.368 e. The molecular weight excluding hydrogens is 312 g/mol. The van der Waals surface area contributed by atoms with Crippen molar-refractivity contribution >= 4 is 27.3 Å². The summed E-state index contributed by atoms with van der Waals surface area (Å²) in [5, 5.41) is 6.47. The maximum atomic E-state index is 5.72. The van der Waals surface area contributed by atoms with Crippen molar-refractivity contribution in [3.05, 3.63) is 39.1 Å². The van der Waals surface area contributed by atoms with Gasteiger partial charge in [-0.1, -0.05) is 34.1 Å². The molecule has 2 heterocycles. The van der Waals surface area contributed by atoms with Gasteiger partial charge in [-0.2, -0.15) is 0 Å². The number of hydrogen-bond acceptors (Lipinski definition) is 4. The van der Waals surface area contributed by atoms with Gasteiger partial charge in [0.2, 0.25) is 0 Å². The highest BCUT2D eigenvalue weighted by Crippen LogP contribution is 2.31. The molecule has 0 bridgehead atoms. The third kappa shape index (κ3) is 2.49. The van der Waals surface area contributed by atoms with Gasteiger partial charge in [0, 0.05) is 28.5 Å². The molecule has 1 aliphatic rings. The predicted molar refractivity (Wildman–Crippen MR) is 76.8 cm³/mol. The van der Waals surface area contributed by atoms with Gasteiger partial charge in [0.25, 0.3) is 0 Å². The van der Waals surface area contributed by atoms with Gasteiger partial charge in [0.1, 0.15) is 11.1 Å². The summed E-state index contributed by atoms with van der Waals surface area (Å²) in [5.41, 5.74) is 2.14. The van der Waals surface area contributed by atoms with Gasteiger partial charge in [-0.25, -0.2) is 4.98 Å². The zero-order valence-corrected chi connectivity index (χ0v) is 12.1. The zero-order chi connectivity index (χ0) is 12.4. The van der Waals surface area contributed by atoms with E-state index in [-0.39, 0.29) is 6.10 Å². The molecule has 1 aromatic carbocycles. The van der Waals surface area contributed by atoms with Crippen LogP contribution in [0.2, 0.25) is 0 Å². The second kappa shape index (κ2) is 5.48. The molecule has 0 aliphatic carbocycles. The summed E-state index contributed by atoms with van der Waals surface area (Å²) in [5.74, 6) is 0. The van der Waals surface area contributed by atoms with Crippen LogP contribution in [0.25, 0.3) is 11.3 Å². The Balaban J connectivity index is 1.87. The molecule has 94 valence electrons. The molecule has 2 aromatic rings. The summed E-state index contributed by atoms with van der Waals surface area (Å²) >= 11 is 5.22. The second-order valence-corrected chi connectivity index (χ2v) is 5.86. The number of thiazole rings is 1. The number of hydrogen-bond donors (Lipinski definition) is 1. The first-order chi connectivity index (χ1) is 8.84. The first kappa shape index (κ1) is 12.3. The quantitative estimate of drug-likeness (QED) is 0.920. The molecule has 3 rings (SSSR count). The van der Waals surface area contributed by atoms with Crippen molar-refractivity contribution in [1.82, 2.24) is 10.3 Å². The van der Waals surface area contributed by atoms with Gasteiger partial charge in [0.15, 0.2) is 0 Å². The molecule has 1 aromatic heterocycles. The fraction of sp³-hybridized carbons (Fsp3) is 0.308. The van der Waals surface area contributed by atoms with Crippen LogP contribution in [0.15, 0.2) is 34.1 Å². The van der Waals surface area contributed by atoms with Gasteiger partial charge in [-0.15, -0.1) is 11.3 Å². The Bertz CT molecular complexity index is 537. The van der Waals surface area contributed by atoms with Gasteiger partial charge < -0.3 is 10.1 Å². The largest absolute Gasteiger partial charge is 0.368 e. The minimum absolute atomic E-state index is 0.0972. The number of benzene rings is 1. The van der Waals surface area contributed by atoms with Crippen molar-refractivity contribution in [3.63, 3.8) is 0 Å². The van der Waals surface area contributed by atoms with Crippen LogP contribution in [-0.2, 0) is 4.74 Å².